The normalized spacial score (nSPS) is 36.3. The second-order valence-corrected chi connectivity index (χ2v) is 19.2. The average molecular weight is 736 g/mol. The van der Waals surface area contributed by atoms with Gasteiger partial charge in [0.2, 0.25) is 5.91 Å². The summed E-state index contributed by atoms with van der Waals surface area (Å²) in [5.74, 6) is 0.909. The number of hydrogen-bond acceptors (Lipinski definition) is 8. The van der Waals surface area contributed by atoms with Crippen LogP contribution in [0.4, 0.5) is 0 Å². The lowest BCUT2D eigenvalue weighted by Gasteiger charge is -2.70. The quantitative estimate of drug-likeness (QED) is 0.166. The average Bonchev–Trinajstić information content (AvgIpc) is 3.86. The number of carbonyl (C=O) groups excluding carboxylic acids is 3. The molecule has 3 saturated carbocycles. The Hall–Kier alpha value is -4.01. The lowest BCUT2D eigenvalue weighted by atomic mass is 9.33. The van der Waals surface area contributed by atoms with E-state index in [1.165, 1.54) is 10.3 Å². The van der Waals surface area contributed by atoms with Gasteiger partial charge in [0.15, 0.2) is 0 Å². The van der Waals surface area contributed by atoms with Crippen LogP contribution in [0.5, 0.6) is 0 Å². The standard InChI is InChI=1S/C45H57N3O6/c1-40(2)19-21-45(39(51)52-28-30-11-8-7-9-12-30)22-20-43(5)32(33(45)26-40)13-14-35-41(3)25-31-27-47-54-38(31)42(4,34(41)17-18-44(35,43)6)29-53-37(50)16-15-36(49)48-24-10-23-46-48/h7-13,23-24,27,33-35H,14-22,25-26,28-29H2,1-6H3/t33-,34+,35+,41-,42-,43+,44+,45-/m0/s1. The first-order valence-electron chi connectivity index (χ1n) is 20.2. The second kappa shape index (κ2) is 13.0. The van der Waals surface area contributed by atoms with Gasteiger partial charge in [-0.1, -0.05) is 81.8 Å². The summed E-state index contributed by atoms with van der Waals surface area (Å²) in [6.45, 7) is 15.0. The van der Waals surface area contributed by atoms with Crippen molar-refractivity contribution in [2.75, 3.05) is 6.61 Å². The Morgan fingerprint density at radius 2 is 1.69 bits per heavy atom. The van der Waals surface area contributed by atoms with E-state index in [4.69, 9.17) is 14.0 Å². The molecule has 9 heteroatoms. The fourth-order valence-corrected chi connectivity index (χ4v) is 12.8. The van der Waals surface area contributed by atoms with E-state index in [9.17, 15) is 14.4 Å². The molecule has 9 nitrogen and oxygen atoms in total. The smallest absolute Gasteiger partial charge is 0.313 e. The molecule has 8 rings (SSSR count). The first-order valence-corrected chi connectivity index (χ1v) is 20.2. The van der Waals surface area contributed by atoms with Crippen molar-refractivity contribution in [2.45, 2.75) is 124 Å². The van der Waals surface area contributed by atoms with E-state index >= 15 is 0 Å². The van der Waals surface area contributed by atoms with Gasteiger partial charge in [0.05, 0.1) is 23.4 Å². The number of benzene rings is 1. The molecule has 0 N–H and O–H groups in total. The van der Waals surface area contributed by atoms with Crippen molar-refractivity contribution in [3.8, 4) is 0 Å². The van der Waals surface area contributed by atoms with Crippen LogP contribution < -0.4 is 0 Å². The zero-order chi connectivity index (χ0) is 38.1. The molecule has 54 heavy (non-hydrogen) atoms. The molecule has 2 aromatic heterocycles. The van der Waals surface area contributed by atoms with Crippen LogP contribution in [0.3, 0.4) is 0 Å². The number of rotatable bonds is 8. The van der Waals surface area contributed by atoms with Crippen LogP contribution >= 0.6 is 0 Å². The molecular formula is C45H57N3O6. The predicted molar refractivity (Wildman–Crippen MR) is 203 cm³/mol. The summed E-state index contributed by atoms with van der Waals surface area (Å²) in [6, 6.07) is 11.7. The summed E-state index contributed by atoms with van der Waals surface area (Å²) in [4.78, 5) is 40.0. The Morgan fingerprint density at radius 1 is 0.907 bits per heavy atom. The minimum Gasteiger partial charge on any atom is -0.465 e. The Kier molecular flexibility index (Phi) is 8.93. The van der Waals surface area contributed by atoms with Crippen LogP contribution in [0.25, 0.3) is 0 Å². The maximum Gasteiger partial charge on any atom is 0.313 e. The Labute approximate surface area is 319 Å². The van der Waals surface area contributed by atoms with Crippen LogP contribution in [-0.4, -0.2) is 39.4 Å². The van der Waals surface area contributed by atoms with Gasteiger partial charge in [-0.15, -0.1) is 0 Å². The van der Waals surface area contributed by atoms with Gasteiger partial charge in [-0.25, -0.2) is 4.68 Å². The number of carbonyl (C=O) groups is 3. The number of fused-ring (bicyclic) bond motifs is 8. The molecule has 0 saturated heterocycles. The number of ether oxygens (including phenoxy) is 2. The van der Waals surface area contributed by atoms with Gasteiger partial charge in [0.1, 0.15) is 19.0 Å². The van der Waals surface area contributed by atoms with Gasteiger partial charge in [0, 0.05) is 24.4 Å². The first kappa shape index (κ1) is 36.9. The lowest BCUT2D eigenvalue weighted by molar-refractivity contribution is -0.185. The fourth-order valence-electron chi connectivity index (χ4n) is 12.8. The SMILES string of the molecule is CC1(C)CC[C@]2(C(=O)OCc3ccccc3)CC[C@]3(C)C(=CC[C@@H]4[C@@]5(C)Cc6cnoc6[C@@](C)(COC(=O)CCC(=O)n6cccn6)[C@@H]5CC[C@]43C)[C@@H]2C1. The monoisotopic (exact) mass is 735 g/mol. The molecule has 8 atom stereocenters. The molecule has 5 aliphatic carbocycles. The summed E-state index contributed by atoms with van der Waals surface area (Å²) in [6.07, 6.45) is 16.1. The molecular weight excluding hydrogens is 679 g/mol. The number of esters is 2. The van der Waals surface area contributed by atoms with Crippen LogP contribution in [0.2, 0.25) is 0 Å². The number of nitrogens with zero attached hydrogens (tertiary/aromatic N) is 3. The van der Waals surface area contributed by atoms with Gasteiger partial charge < -0.3 is 14.0 Å². The molecule has 0 aliphatic heterocycles. The highest BCUT2D eigenvalue weighted by Gasteiger charge is 2.70. The molecule has 0 radical (unpaired) electrons. The van der Waals surface area contributed by atoms with Crippen molar-refractivity contribution in [2.24, 2.45) is 44.8 Å². The third-order valence-corrected chi connectivity index (χ3v) is 15.9. The minimum atomic E-state index is -0.565. The third-order valence-electron chi connectivity index (χ3n) is 15.9. The van der Waals surface area contributed by atoms with E-state index in [-0.39, 0.29) is 64.8 Å². The topological polar surface area (TPSA) is 114 Å². The van der Waals surface area contributed by atoms with E-state index in [0.29, 0.717) is 12.5 Å². The van der Waals surface area contributed by atoms with Gasteiger partial charge >= 0.3 is 11.9 Å². The number of aromatic nitrogens is 3. The highest BCUT2D eigenvalue weighted by atomic mass is 16.5. The highest BCUT2D eigenvalue weighted by Crippen LogP contribution is 2.75. The molecule has 0 spiro atoms. The molecule has 5 aliphatic rings. The molecule has 2 heterocycles. The van der Waals surface area contributed by atoms with Gasteiger partial charge in [0.25, 0.3) is 0 Å². The zero-order valence-corrected chi connectivity index (χ0v) is 33.0. The van der Waals surface area contributed by atoms with E-state index in [1.54, 1.807) is 18.5 Å². The Balaban J connectivity index is 1.07. The molecule has 0 amide bonds. The van der Waals surface area contributed by atoms with Crippen molar-refractivity contribution in [3.05, 3.63) is 83.5 Å². The molecule has 0 bridgehead atoms. The maximum absolute atomic E-state index is 14.4. The van der Waals surface area contributed by atoms with Crippen LogP contribution in [0, 0.1) is 44.8 Å². The van der Waals surface area contributed by atoms with Crippen molar-refractivity contribution < 1.29 is 28.4 Å². The zero-order valence-electron chi connectivity index (χ0n) is 33.0. The van der Waals surface area contributed by atoms with Crippen molar-refractivity contribution >= 4 is 17.8 Å². The van der Waals surface area contributed by atoms with Crippen LogP contribution in [0.15, 0.2) is 71.2 Å². The number of hydrogen-bond donors (Lipinski definition) is 0. The maximum atomic E-state index is 14.4. The summed E-state index contributed by atoms with van der Waals surface area (Å²) in [7, 11) is 0. The van der Waals surface area contributed by atoms with E-state index in [2.05, 4.69) is 57.9 Å². The van der Waals surface area contributed by atoms with Gasteiger partial charge in [-0.3, -0.25) is 14.4 Å². The first-order chi connectivity index (χ1) is 25.7. The van der Waals surface area contributed by atoms with E-state index in [0.717, 1.165) is 74.7 Å². The second-order valence-electron chi connectivity index (χ2n) is 19.2. The largest absolute Gasteiger partial charge is 0.465 e. The molecule has 288 valence electrons. The minimum absolute atomic E-state index is 0.00312. The van der Waals surface area contributed by atoms with Crippen molar-refractivity contribution in [3.63, 3.8) is 0 Å². The third kappa shape index (κ3) is 5.65. The summed E-state index contributed by atoms with van der Waals surface area (Å²) < 4.78 is 19.5. The predicted octanol–water partition coefficient (Wildman–Crippen LogP) is 9.07. The summed E-state index contributed by atoms with van der Waals surface area (Å²) in [5, 5.41) is 8.29. The molecule has 1 aromatic carbocycles. The van der Waals surface area contributed by atoms with Gasteiger partial charge in [-0.05, 0) is 116 Å². The van der Waals surface area contributed by atoms with Gasteiger partial charge in [-0.2, -0.15) is 5.10 Å². The summed E-state index contributed by atoms with van der Waals surface area (Å²) in [5.41, 5.74) is 2.55. The Morgan fingerprint density at radius 3 is 2.44 bits per heavy atom. The molecule has 3 aromatic rings. The number of allylic oxidation sites excluding steroid dienone is 2. The highest BCUT2D eigenvalue weighted by molar-refractivity contribution is 5.82. The lowest BCUT2D eigenvalue weighted by Crippen LogP contribution is -2.65. The fraction of sp³-hybridized carbons (Fsp3) is 0.622. The van der Waals surface area contributed by atoms with E-state index in [1.807, 2.05) is 36.5 Å². The molecule has 0 unspecified atom stereocenters. The molecule has 3 fully saturated rings. The van der Waals surface area contributed by atoms with Crippen molar-refractivity contribution in [1.29, 1.82) is 0 Å². The van der Waals surface area contributed by atoms with Crippen LogP contribution in [-0.2, 0) is 37.5 Å². The van der Waals surface area contributed by atoms with Crippen molar-refractivity contribution in [1.82, 2.24) is 14.9 Å². The Bertz CT molecular complexity index is 1950. The summed E-state index contributed by atoms with van der Waals surface area (Å²) >= 11 is 0. The van der Waals surface area contributed by atoms with Crippen LogP contribution in [0.1, 0.15) is 127 Å². The van der Waals surface area contributed by atoms with E-state index < -0.39 is 16.8 Å².